The van der Waals surface area contributed by atoms with Crippen LogP contribution in [0.2, 0.25) is 0 Å². The molecule has 2 saturated heterocycles. The van der Waals surface area contributed by atoms with Crippen LogP contribution in [-0.2, 0) is 11.3 Å². The summed E-state index contributed by atoms with van der Waals surface area (Å²) in [5.41, 5.74) is 2.53. The number of carbonyl (C=O) groups is 1. The molecule has 0 radical (unpaired) electrons. The summed E-state index contributed by atoms with van der Waals surface area (Å²) in [6, 6.07) is 13.6. The Balaban J connectivity index is 1.59. The molecule has 1 aromatic heterocycles. The van der Waals surface area contributed by atoms with Crippen molar-refractivity contribution in [2.45, 2.75) is 51.2 Å². The molecule has 6 heteroatoms. The van der Waals surface area contributed by atoms with Crippen molar-refractivity contribution in [2.24, 2.45) is 11.8 Å². The fourth-order valence-corrected chi connectivity index (χ4v) is 6.23. The zero-order chi connectivity index (χ0) is 22.2. The van der Waals surface area contributed by atoms with E-state index in [0.29, 0.717) is 12.1 Å². The Bertz CT molecular complexity index is 1030. The number of fused-ring (bicyclic) bond motifs is 4. The molecular weight excluding hydrogens is 402 g/mol. The quantitative estimate of drug-likeness (QED) is 0.784. The third-order valence-electron chi connectivity index (χ3n) is 7.69. The summed E-state index contributed by atoms with van der Waals surface area (Å²) in [4.78, 5) is 31.7. The number of nitrogens with zero attached hydrogens (tertiary/aromatic N) is 3. The molecule has 1 aromatic carbocycles. The minimum atomic E-state index is -0.301. The zero-order valence-electron chi connectivity index (χ0n) is 18.8. The predicted octanol–water partition coefficient (Wildman–Crippen LogP) is 2.90. The number of amides is 1. The van der Waals surface area contributed by atoms with E-state index < -0.39 is 0 Å². The van der Waals surface area contributed by atoms with Crippen LogP contribution in [0.25, 0.3) is 11.1 Å². The number of aliphatic hydroxyl groups excluding tert-OH is 1. The van der Waals surface area contributed by atoms with E-state index in [1.807, 2.05) is 51.9 Å². The topological polar surface area (TPSA) is 65.8 Å². The summed E-state index contributed by atoms with van der Waals surface area (Å²) in [5.74, 6) is -0.295. The molecule has 3 aliphatic rings. The monoisotopic (exact) mass is 435 g/mol. The standard InChI is InChI=1S/C26H33N3O3/c1-2-13-28-22-16-29-21(12-11-19(25(29)31)18-9-5-3-6-10-18)24(28)23(20(22)17-30)26(32)27-14-7-4-8-15-27/h3,5-6,9-12,20,22-24,30H,2,4,7-8,13-17H2,1H3/t20-,22-,23+,24+/m1/s1. The van der Waals surface area contributed by atoms with E-state index in [1.165, 1.54) is 6.42 Å². The number of hydrogen-bond acceptors (Lipinski definition) is 4. The van der Waals surface area contributed by atoms with Gasteiger partial charge in [0.2, 0.25) is 5.91 Å². The van der Waals surface area contributed by atoms with Gasteiger partial charge in [-0.3, -0.25) is 14.5 Å². The Kier molecular flexibility index (Phi) is 5.91. The van der Waals surface area contributed by atoms with Crippen LogP contribution >= 0.6 is 0 Å². The highest BCUT2D eigenvalue weighted by Crippen LogP contribution is 2.49. The van der Waals surface area contributed by atoms with Gasteiger partial charge < -0.3 is 14.6 Å². The average molecular weight is 436 g/mol. The predicted molar refractivity (Wildman–Crippen MR) is 124 cm³/mol. The molecule has 0 aliphatic carbocycles. The van der Waals surface area contributed by atoms with Gasteiger partial charge in [-0.2, -0.15) is 0 Å². The summed E-state index contributed by atoms with van der Waals surface area (Å²) in [6.07, 6.45) is 4.24. The van der Waals surface area contributed by atoms with Crippen LogP contribution in [0.5, 0.6) is 0 Å². The van der Waals surface area contributed by atoms with E-state index in [2.05, 4.69) is 11.8 Å². The summed E-state index contributed by atoms with van der Waals surface area (Å²) >= 11 is 0. The van der Waals surface area contributed by atoms with Crippen molar-refractivity contribution < 1.29 is 9.90 Å². The van der Waals surface area contributed by atoms with Crippen LogP contribution in [0.3, 0.4) is 0 Å². The van der Waals surface area contributed by atoms with E-state index in [0.717, 1.165) is 50.2 Å². The van der Waals surface area contributed by atoms with Gasteiger partial charge in [0.05, 0.1) is 12.0 Å². The van der Waals surface area contributed by atoms with Crippen LogP contribution in [0.1, 0.15) is 44.3 Å². The molecule has 2 bridgehead atoms. The maximum Gasteiger partial charge on any atom is 0.258 e. The van der Waals surface area contributed by atoms with Gasteiger partial charge in [-0.05, 0) is 49.9 Å². The molecule has 1 N–H and O–H groups in total. The molecular formula is C26H33N3O3. The van der Waals surface area contributed by atoms with E-state index in [-0.39, 0.29) is 42.0 Å². The molecule has 0 spiro atoms. The van der Waals surface area contributed by atoms with E-state index in [1.54, 1.807) is 0 Å². The highest BCUT2D eigenvalue weighted by atomic mass is 16.3. The second-order valence-corrected chi connectivity index (χ2v) is 9.46. The fourth-order valence-electron chi connectivity index (χ4n) is 6.23. The Morgan fingerprint density at radius 1 is 1.06 bits per heavy atom. The van der Waals surface area contributed by atoms with E-state index in [4.69, 9.17) is 0 Å². The summed E-state index contributed by atoms with van der Waals surface area (Å²) < 4.78 is 1.88. The van der Waals surface area contributed by atoms with Crippen LogP contribution in [0.15, 0.2) is 47.3 Å². The first-order valence-electron chi connectivity index (χ1n) is 12.1. The number of rotatable bonds is 5. The van der Waals surface area contributed by atoms with Gasteiger partial charge in [0.15, 0.2) is 0 Å². The van der Waals surface area contributed by atoms with E-state index in [9.17, 15) is 14.7 Å². The smallest absolute Gasteiger partial charge is 0.258 e. The fraction of sp³-hybridized carbons (Fsp3) is 0.538. The molecule has 170 valence electrons. The normalized spacial score (nSPS) is 27.4. The lowest BCUT2D eigenvalue weighted by Gasteiger charge is -2.38. The number of piperidine rings is 1. The lowest BCUT2D eigenvalue weighted by molar-refractivity contribution is -0.139. The highest BCUT2D eigenvalue weighted by Gasteiger charge is 2.56. The average Bonchev–Trinajstić information content (AvgIpc) is 3.04. The number of aliphatic hydroxyl groups is 1. The summed E-state index contributed by atoms with van der Waals surface area (Å²) in [5, 5.41) is 10.4. The largest absolute Gasteiger partial charge is 0.396 e. The van der Waals surface area contributed by atoms with Crippen molar-refractivity contribution in [3.05, 3.63) is 58.5 Å². The third kappa shape index (κ3) is 3.41. The Hall–Kier alpha value is -2.44. The van der Waals surface area contributed by atoms with Gasteiger partial charge in [0.1, 0.15) is 0 Å². The minimum Gasteiger partial charge on any atom is -0.396 e. The van der Waals surface area contributed by atoms with Crippen LogP contribution in [0.4, 0.5) is 0 Å². The van der Waals surface area contributed by atoms with Gasteiger partial charge in [-0.15, -0.1) is 0 Å². The first-order valence-corrected chi connectivity index (χ1v) is 12.1. The first-order chi connectivity index (χ1) is 15.7. The Morgan fingerprint density at radius 3 is 2.50 bits per heavy atom. The molecule has 2 fully saturated rings. The molecule has 32 heavy (non-hydrogen) atoms. The maximum absolute atomic E-state index is 13.7. The number of benzene rings is 1. The van der Waals surface area contributed by atoms with Crippen molar-refractivity contribution in [3.8, 4) is 11.1 Å². The van der Waals surface area contributed by atoms with Crippen LogP contribution < -0.4 is 5.56 Å². The van der Waals surface area contributed by atoms with Gasteiger partial charge in [-0.1, -0.05) is 37.3 Å². The SMILES string of the molecule is CCCN1[C@@H]2Cn3c(ccc(-c4ccccc4)c3=O)[C@H]1[C@@H](C(=O)N1CCCCC1)[C@@H]2CO. The molecule has 3 aliphatic heterocycles. The Labute approximate surface area is 189 Å². The second kappa shape index (κ2) is 8.83. The van der Waals surface area contributed by atoms with Crippen molar-refractivity contribution in [3.63, 3.8) is 0 Å². The van der Waals surface area contributed by atoms with Crippen molar-refractivity contribution >= 4 is 5.91 Å². The number of carbonyl (C=O) groups excluding carboxylic acids is 1. The van der Waals surface area contributed by atoms with Gasteiger partial charge >= 0.3 is 0 Å². The zero-order valence-corrected chi connectivity index (χ0v) is 18.8. The number of likely N-dealkylation sites (tertiary alicyclic amines) is 1. The van der Waals surface area contributed by atoms with Crippen molar-refractivity contribution in [2.75, 3.05) is 26.2 Å². The number of hydrogen-bond donors (Lipinski definition) is 1. The van der Waals surface area contributed by atoms with Crippen molar-refractivity contribution in [1.82, 2.24) is 14.4 Å². The molecule has 6 nitrogen and oxygen atoms in total. The van der Waals surface area contributed by atoms with Crippen molar-refractivity contribution in [1.29, 1.82) is 0 Å². The molecule has 5 rings (SSSR count). The summed E-state index contributed by atoms with van der Waals surface area (Å²) in [6.45, 7) is 5.12. The second-order valence-electron chi connectivity index (χ2n) is 9.46. The Morgan fingerprint density at radius 2 is 1.81 bits per heavy atom. The van der Waals surface area contributed by atoms with Gasteiger partial charge in [0.25, 0.3) is 5.56 Å². The third-order valence-corrected chi connectivity index (χ3v) is 7.69. The van der Waals surface area contributed by atoms with Crippen LogP contribution in [-0.4, -0.2) is 57.7 Å². The molecule has 0 unspecified atom stereocenters. The minimum absolute atomic E-state index is 0.0000797. The molecule has 4 heterocycles. The van der Waals surface area contributed by atoms with E-state index >= 15 is 0 Å². The molecule has 4 atom stereocenters. The molecule has 2 aromatic rings. The lowest BCUT2D eigenvalue weighted by Crippen LogP contribution is -2.47. The first kappa shape index (κ1) is 21.4. The molecule has 0 saturated carbocycles. The highest BCUT2D eigenvalue weighted by molar-refractivity contribution is 5.81. The number of pyridine rings is 1. The molecule has 1 amide bonds. The lowest BCUT2D eigenvalue weighted by atomic mass is 9.85. The van der Waals surface area contributed by atoms with Crippen LogP contribution in [0, 0.1) is 11.8 Å². The van der Waals surface area contributed by atoms with Gasteiger partial charge in [0, 0.05) is 49.5 Å². The summed E-state index contributed by atoms with van der Waals surface area (Å²) in [7, 11) is 0. The van der Waals surface area contributed by atoms with Gasteiger partial charge in [-0.25, -0.2) is 0 Å². The number of aromatic nitrogens is 1. The maximum atomic E-state index is 13.7.